The van der Waals surface area contributed by atoms with Gasteiger partial charge in [0.1, 0.15) is 0 Å². The van der Waals surface area contributed by atoms with Crippen molar-refractivity contribution in [3.05, 3.63) is 34.9 Å². The van der Waals surface area contributed by atoms with Crippen molar-refractivity contribution in [1.82, 2.24) is 0 Å². The number of rotatable bonds is 3. The van der Waals surface area contributed by atoms with Crippen LogP contribution in [0.4, 0.5) is 0 Å². The minimum Gasteiger partial charge on any atom is -0.0922 e. The molecular formula is C13H19Br. The van der Waals surface area contributed by atoms with E-state index < -0.39 is 0 Å². The maximum atomic E-state index is 3.57. The van der Waals surface area contributed by atoms with E-state index >= 15 is 0 Å². The lowest BCUT2D eigenvalue weighted by Gasteiger charge is -2.23. The second-order valence-electron chi connectivity index (χ2n) is 4.83. The van der Waals surface area contributed by atoms with E-state index in [1.165, 1.54) is 16.7 Å². The number of hydrogen-bond donors (Lipinski definition) is 0. The van der Waals surface area contributed by atoms with Gasteiger partial charge >= 0.3 is 0 Å². The van der Waals surface area contributed by atoms with Crippen LogP contribution in [-0.4, -0.2) is 5.33 Å². The summed E-state index contributed by atoms with van der Waals surface area (Å²) in [5.74, 6) is 0. The third kappa shape index (κ3) is 2.84. The zero-order valence-corrected chi connectivity index (χ0v) is 11.1. The molecule has 0 atom stereocenters. The summed E-state index contributed by atoms with van der Waals surface area (Å²) in [4.78, 5) is 0. The highest BCUT2D eigenvalue weighted by Gasteiger charge is 2.17. The van der Waals surface area contributed by atoms with Crippen LogP contribution in [0.25, 0.3) is 0 Å². The molecule has 0 spiro atoms. The largest absolute Gasteiger partial charge is 0.0922 e. The van der Waals surface area contributed by atoms with Crippen LogP contribution < -0.4 is 0 Å². The lowest BCUT2D eigenvalue weighted by Crippen LogP contribution is -2.17. The Morgan fingerprint density at radius 3 is 2.43 bits per heavy atom. The van der Waals surface area contributed by atoms with Crippen molar-refractivity contribution in [2.45, 2.75) is 34.1 Å². The molecular weight excluding hydrogens is 236 g/mol. The third-order valence-electron chi connectivity index (χ3n) is 2.75. The fourth-order valence-corrected chi connectivity index (χ4v) is 1.76. The molecule has 0 saturated heterocycles. The first-order valence-corrected chi connectivity index (χ1v) is 6.19. The van der Waals surface area contributed by atoms with E-state index in [1.54, 1.807) is 0 Å². The van der Waals surface area contributed by atoms with Gasteiger partial charge in [0.05, 0.1) is 0 Å². The molecule has 0 aliphatic rings. The molecule has 78 valence electrons. The molecule has 0 unspecified atom stereocenters. The Hall–Kier alpha value is -0.300. The molecule has 0 aliphatic carbocycles. The molecule has 14 heavy (non-hydrogen) atoms. The van der Waals surface area contributed by atoms with Gasteiger partial charge in [-0.15, -0.1) is 0 Å². The van der Waals surface area contributed by atoms with Crippen molar-refractivity contribution >= 4 is 15.9 Å². The van der Waals surface area contributed by atoms with Gasteiger partial charge in [0.15, 0.2) is 0 Å². The monoisotopic (exact) mass is 254 g/mol. The Morgan fingerprint density at radius 2 is 1.86 bits per heavy atom. The van der Waals surface area contributed by atoms with E-state index in [0.717, 1.165) is 11.8 Å². The van der Waals surface area contributed by atoms with E-state index in [-0.39, 0.29) is 0 Å². The molecule has 0 bridgehead atoms. The van der Waals surface area contributed by atoms with Gasteiger partial charge < -0.3 is 0 Å². The van der Waals surface area contributed by atoms with Gasteiger partial charge in [-0.05, 0) is 42.4 Å². The van der Waals surface area contributed by atoms with E-state index in [9.17, 15) is 0 Å². The molecule has 0 nitrogen and oxygen atoms in total. The minimum absolute atomic E-state index is 0.346. The van der Waals surface area contributed by atoms with Crippen molar-refractivity contribution < 1.29 is 0 Å². The number of alkyl halides is 1. The van der Waals surface area contributed by atoms with Gasteiger partial charge in [-0.25, -0.2) is 0 Å². The Bertz CT molecular complexity index is 313. The second kappa shape index (κ2) is 4.48. The van der Waals surface area contributed by atoms with Gasteiger partial charge in [0.2, 0.25) is 0 Å². The number of benzene rings is 1. The second-order valence-corrected chi connectivity index (χ2v) is 5.39. The van der Waals surface area contributed by atoms with Crippen LogP contribution in [0.3, 0.4) is 0 Å². The number of hydrogen-bond acceptors (Lipinski definition) is 0. The maximum Gasteiger partial charge on any atom is 0.00858 e. The molecule has 0 amide bonds. The highest BCUT2D eigenvalue weighted by Crippen LogP contribution is 2.26. The Labute approximate surface area is 95.9 Å². The predicted molar refractivity (Wildman–Crippen MR) is 67.2 cm³/mol. The van der Waals surface area contributed by atoms with E-state index in [4.69, 9.17) is 0 Å². The third-order valence-corrected chi connectivity index (χ3v) is 4.27. The molecule has 0 fully saturated rings. The Kier molecular flexibility index (Phi) is 3.77. The number of aryl methyl sites for hydroxylation is 1. The molecule has 0 aliphatic heterocycles. The first kappa shape index (κ1) is 11.8. The molecule has 1 heteroatoms. The standard InChI is InChI=1S/C13H19Br/c1-10-6-5-7-12(11(10)2)8-13(3,4)9-14/h5-7H,8-9H2,1-4H3. The van der Waals surface area contributed by atoms with Crippen LogP contribution in [0.2, 0.25) is 0 Å². The van der Waals surface area contributed by atoms with Crippen molar-refractivity contribution in [2.75, 3.05) is 5.33 Å². The summed E-state index contributed by atoms with van der Waals surface area (Å²) in [5.41, 5.74) is 4.67. The molecule has 0 saturated carbocycles. The van der Waals surface area contributed by atoms with Gasteiger partial charge in [0, 0.05) is 5.33 Å². The van der Waals surface area contributed by atoms with Crippen LogP contribution in [0.5, 0.6) is 0 Å². The summed E-state index contributed by atoms with van der Waals surface area (Å²) >= 11 is 3.57. The average molecular weight is 255 g/mol. The summed E-state index contributed by atoms with van der Waals surface area (Å²) in [6.45, 7) is 8.99. The SMILES string of the molecule is Cc1cccc(CC(C)(C)CBr)c1C. The topological polar surface area (TPSA) is 0 Å². The zero-order chi connectivity index (χ0) is 10.8. The highest BCUT2D eigenvalue weighted by atomic mass is 79.9. The Morgan fingerprint density at radius 1 is 1.21 bits per heavy atom. The molecule has 0 aromatic heterocycles. The van der Waals surface area contributed by atoms with Gasteiger partial charge in [-0.3, -0.25) is 0 Å². The van der Waals surface area contributed by atoms with Crippen LogP contribution in [0.1, 0.15) is 30.5 Å². The first-order chi connectivity index (χ1) is 6.46. The molecule has 0 radical (unpaired) electrons. The quantitative estimate of drug-likeness (QED) is 0.707. The maximum absolute atomic E-state index is 3.57. The smallest absolute Gasteiger partial charge is 0.00858 e. The van der Waals surface area contributed by atoms with Gasteiger partial charge in [-0.1, -0.05) is 48.0 Å². The lowest BCUT2D eigenvalue weighted by atomic mass is 9.85. The molecule has 1 aromatic carbocycles. The average Bonchev–Trinajstić information content (AvgIpc) is 2.13. The van der Waals surface area contributed by atoms with E-state index in [0.29, 0.717) is 5.41 Å². The highest BCUT2D eigenvalue weighted by molar-refractivity contribution is 9.09. The van der Waals surface area contributed by atoms with E-state index in [1.807, 2.05) is 0 Å². The summed E-state index contributed by atoms with van der Waals surface area (Å²) in [6.07, 6.45) is 1.14. The van der Waals surface area contributed by atoms with Crippen LogP contribution in [0, 0.1) is 19.3 Å². The number of halogens is 1. The van der Waals surface area contributed by atoms with Gasteiger partial charge in [0.25, 0.3) is 0 Å². The van der Waals surface area contributed by atoms with Crippen LogP contribution in [0.15, 0.2) is 18.2 Å². The van der Waals surface area contributed by atoms with E-state index in [2.05, 4.69) is 61.8 Å². The van der Waals surface area contributed by atoms with Crippen molar-refractivity contribution in [3.8, 4) is 0 Å². The lowest BCUT2D eigenvalue weighted by molar-refractivity contribution is 0.424. The first-order valence-electron chi connectivity index (χ1n) is 5.07. The molecule has 1 rings (SSSR count). The summed E-state index contributed by atoms with van der Waals surface area (Å²) in [5, 5.41) is 1.05. The fourth-order valence-electron chi connectivity index (χ4n) is 1.57. The summed E-state index contributed by atoms with van der Waals surface area (Å²) < 4.78 is 0. The van der Waals surface area contributed by atoms with Crippen molar-refractivity contribution in [3.63, 3.8) is 0 Å². The molecule has 0 heterocycles. The zero-order valence-electron chi connectivity index (χ0n) is 9.52. The van der Waals surface area contributed by atoms with Crippen LogP contribution >= 0.6 is 15.9 Å². The minimum atomic E-state index is 0.346. The van der Waals surface area contributed by atoms with Crippen molar-refractivity contribution in [2.24, 2.45) is 5.41 Å². The Balaban J connectivity index is 2.92. The normalized spacial score (nSPS) is 11.8. The van der Waals surface area contributed by atoms with Crippen molar-refractivity contribution in [1.29, 1.82) is 0 Å². The summed E-state index contributed by atoms with van der Waals surface area (Å²) in [6, 6.07) is 6.58. The van der Waals surface area contributed by atoms with Crippen LogP contribution in [-0.2, 0) is 6.42 Å². The molecule has 1 aromatic rings. The molecule has 0 N–H and O–H groups in total. The predicted octanol–water partition coefficient (Wildman–Crippen LogP) is 4.27. The summed E-state index contributed by atoms with van der Waals surface area (Å²) in [7, 11) is 0. The van der Waals surface area contributed by atoms with Gasteiger partial charge in [-0.2, -0.15) is 0 Å². The fraction of sp³-hybridized carbons (Fsp3) is 0.538.